The third kappa shape index (κ3) is 4.79. The van der Waals surface area contributed by atoms with Gasteiger partial charge in [-0.05, 0) is 48.4 Å². The molecule has 1 unspecified atom stereocenters. The fraction of sp³-hybridized carbons (Fsp3) is 0.286. The van der Waals surface area contributed by atoms with Crippen LogP contribution >= 0.6 is 0 Å². The van der Waals surface area contributed by atoms with Crippen LogP contribution in [0.1, 0.15) is 24.1 Å². The number of likely N-dealkylation sites (N-methyl/N-ethyl adjacent to an activating group) is 1. The van der Waals surface area contributed by atoms with Crippen LogP contribution in [0.25, 0.3) is 6.08 Å². The van der Waals surface area contributed by atoms with Gasteiger partial charge >= 0.3 is 0 Å². The lowest BCUT2D eigenvalue weighted by Gasteiger charge is -2.24. The van der Waals surface area contributed by atoms with Gasteiger partial charge < -0.3 is 19.1 Å². The Morgan fingerprint density at radius 2 is 1.46 bits per heavy atom. The van der Waals surface area contributed by atoms with Crippen molar-refractivity contribution in [2.75, 3.05) is 28.4 Å². The smallest absolute Gasteiger partial charge is 0.246 e. The molecule has 0 saturated heterocycles. The normalized spacial score (nSPS) is 11.9. The van der Waals surface area contributed by atoms with Gasteiger partial charge in [0, 0.05) is 19.2 Å². The summed E-state index contributed by atoms with van der Waals surface area (Å²) >= 11 is 0. The van der Waals surface area contributed by atoms with Gasteiger partial charge in [-0.2, -0.15) is 0 Å². The van der Waals surface area contributed by atoms with Gasteiger partial charge in [0.25, 0.3) is 0 Å². The van der Waals surface area contributed by atoms with E-state index in [4.69, 9.17) is 14.2 Å². The van der Waals surface area contributed by atoms with Crippen LogP contribution in [0.4, 0.5) is 0 Å². The molecule has 0 spiro atoms. The number of hydrogen-bond donors (Lipinski definition) is 0. The fourth-order valence-corrected chi connectivity index (χ4v) is 2.51. The van der Waals surface area contributed by atoms with Crippen LogP contribution in [0.2, 0.25) is 0 Å². The number of nitrogens with zero attached hydrogens (tertiary/aromatic N) is 1. The zero-order chi connectivity index (χ0) is 19.1. The van der Waals surface area contributed by atoms with Crippen LogP contribution in [-0.4, -0.2) is 39.2 Å². The maximum Gasteiger partial charge on any atom is 0.246 e. The van der Waals surface area contributed by atoms with E-state index in [0.717, 1.165) is 16.9 Å². The molecule has 0 bridgehead atoms. The molecule has 0 radical (unpaired) electrons. The lowest BCUT2D eigenvalue weighted by molar-refractivity contribution is -0.126. The molecule has 0 saturated carbocycles. The topological polar surface area (TPSA) is 48.0 Å². The van der Waals surface area contributed by atoms with Crippen LogP contribution in [0.5, 0.6) is 17.2 Å². The number of amides is 1. The Kier molecular flexibility index (Phi) is 6.67. The highest BCUT2D eigenvalue weighted by molar-refractivity contribution is 5.92. The molecule has 5 heteroatoms. The van der Waals surface area contributed by atoms with Crippen molar-refractivity contribution < 1.29 is 19.0 Å². The van der Waals surface area contributed by atoms with Crippen LogP contribution in [0, 0.1) is 0 Å². The van der Waals surface area contributed by atoms with Crippen LogP contribution in [0.15, 0.2) is 48.5 Å². The molecule has 0 aliphatic rings. The first-order valence-electron chi connectivity index (χ1n) is 8.30. The number of carbonyl (C=O) groups excluding carboxylic acids is 1. The van der Waals surface area contributed by atoms with Gasteiger partial charge in [-0.3, -0.25) is 4.79 Å². The van der Waals surface area contributed by atoms with Crippen molar-refractivity contribution in [3.8, 4) is 17.2 Å². The summed E-state index contributed by atoms with van der Waals surface area (Å²) in [5, 5.41) is 0. The molecule has 0 fully saturated rings. The third-order valence-corrected chi connectivity index (χ3v) is 4.32. The van der Waals surface area contributed by atoms with Gasteiger partial charge in [-0.15, -0.1) is 0 Å². The average Bonchev–Trinajstić information content (AvgIpc) is 2.70. The SMILES string of the molecule is COc1ccc(C(C)N(C)C(=O)/C=C/c2cc(OC)cc(OC)c2)cc1. The lowest BCUT2D eigenvalue weighted by atomic mass is 10.1. The second kappa shape index (κ2) is 8.94. The van der Waals surface area contributed by atoms with Gasteiger partial charge in [0.1, 0.15) is 17.2 Å². The summed E-state index contributed by atoms with van der Waals surface area (Å²) in [5.74, 6) is 2.06. The van der Waals surface area contributed by atoms with E-state index in [-0.39, 0.29) is 11.9 Å². The Morgan fingerprint density at radius 1 is 0.923 bits per heavy atom. The van der Waals surface area contributed by atoms with E-state index in [0.29, 0.717) is 11.5 Å². The van der Waals surface area contributed by atoms with Crippen LogP contribution < -0.4 is 14.2 Å². The average molecular weight is 355 g/mol. The first kappa shape index (κ1) is 19.4. The molecule has 138 valence electrons. The molecule has 2 aromatic carbocycles. The van der Waals surface area contributed by atoms with E-state index in [1.54, 1.807) is 51.5 Å². The molecule has 0 heterocycles. The maximum atomic E-state index is 12.5. The molecule has 0 aliphatic heterocycles. The largest absolute Gasteiger partial charge is 0.497 e. The molecule has 5 nitrogen and oxygen atoms in total. The zero-order valence-corrected chi connectivity index (χ0v) is 15.9. The minimum Gasteiger partial charge on any atom is -0.497 e. The summed E-state index contributed by atoms with van der Waals surface area (Å²) in [6, 6.07) is 13.1. The quantitative estimate of drug-likeness (QED) is 0.706. The van der Waals surface area contributed by atoms with E-state index in [1.807, 2.05) is 43.3 Å². The van der Waals surface area contributed by atoms with E-state index < -0.39 is 0 Å². The molecule has 1 atom stereocenters. The summed E-state index contributed by atoms with van der Waals surface area (Å²) in [7, 11) is 6.61. The van der Waals surface area contributed by atoms with Crippen molar-refractivity contribution in [1.29, 1.82) is 0 Å². The maximum absolute atomic E-state index is 12.5. The standard InChI is InChI=1S/C21H25NO4/c1-15(17-7-9-18(24-3)10-8-17)22(2)21(23)11-6-16-12-19(25-4)14-20(13-16)26-5/h6-15H,1-5H3/b11-6+. The lowest BCUT2D eigenvalue weighted by Crippen LogP contribution is -2.27. The van der Waals surface area contributed by atoms with E-state index in [2.05, 4.69) is 0 Å². The number of carbonyl (C=O) groups is 1. The van der Waals surface area contributed by atoms with Crippen LogP contribution in [-0.2, 0) is 4.79 Å². The Bertz CT molecular complexity index is 746. The Labute approximate surface area is 154 Å². The molecule has 0 aliphatic carbocycles. The first-order valence-corrected chi connectivity index (χ1v) is 8.30. The number of hydrogen-bond acceptors (Lipinski definition) is 4. The molecule has 0 N–H and O–H groups in total. The highest BCUT2D eigenvalue weighted by atomic mass is 16.5. The van der Waals surface area contributed by atoms with E-state index in [1.165, 1.54) is 0 Å². The highest BCUT2D eigenvalue weighted by Crippen LogP contribution is 2.24. The minimum absolute atomic E-state index is 0.0575. The second-order valence-corrected chi connectivity index (χ2v) is 5.88. The minimum atomic E-state index is -0.0879. The zero-order valence-electron chi connectivity index (χ0n) is 15.9. The van der Waals surface area contributed by atoms with Gasteiger partial charge in [0.15, 0.2) is 0 Å². The van der Waals surface area contributed by atoms with Gasteiger partial charge in [-0.1, -0.05) is 12.1 Å². The van der Waals surface area contributed by atoms with E-state index in [9.17, 15) is 4.79 Å². The number of rotatable bonds is 7. The summed E-state index contributed by atoms with van der Waals surface area (Å²) in [4.78, 5) is 14.2. The van der Waals surface area contributed by atoms with Crippen molar-refractivity contribution in [2.45, 2.75) is 13.0 Å². The summed E-state index contributed by atoms with van der Waals surface area (Å²) in [6.07, 6.45) is 3.30. The first-order chi connectivity index (χ1) is 12.5. The summed E-state index contributed by atoms with van der Waals surface area (Å²) in [5.41, 5.74) is 1.87. The summed E-state index contributed by atoms with van der Waals surface area (Å²) < 4.78 is 15.7. The number of benzene rings is 2. The van der Waals surface area contributed by atoms with Gasteiger partial charge in [0.2, 0.25) is 5.91 Å². The number of methoxy groups -OCH3 is 3. The molecule has 0 aromatic heterocycles. The number of ether oxygens (including phenoxy) is 3. The third-order valence-electron chi connectivity index (χ3n) is 4.32. The van der Waals surface area contributed by atoms with Crippen molar-refractivity contribution in [2.24, 2.45) is 0 Å². The highest BCUT2D eigenvalue weighted by Gasteiger charge is 2.15. The van der Waals surface area contributed by atoms with Crippen molar-refractivity contribution >= 4 is 12.0 Å². The fourth-order valence-electron chi connectivity index (χ4n) is 2.51. The van der Waals surface area contributed by atoms with Gasteiger partial charge in [-0.25, -0.2) is 0 Å². The molecular weight excluding hydrogens is 330 g/mol. The Balaban J connectivity index is 2.11. The van der Waals surface area contributed by atoms with E-state index >= 15 is 0 Å². The summed E-state index contributed by atoms with van der Waals surface area (Å²) in [6.45, 7) is 1.99. The van der Waals surface area contributed by atoms with Crippen molar-refractivity contribution in [1.82, 2.24) is 4.90 Å². The molecular formula is C21H25NO4. The Morgan fingerprint density at radius 3 is 1.96 bits per heavy atom. The van der Waals surface area contributed by atoms with Gasteiger partial charge in [0.05, 0.1) is 27.4 Å². The molecule has 2 aromatic rings. The molecule has 26 heavy (non-hydrogen) atoms. The monoisotopic (exact) mass is 355 g/mol. The Hall–Kier alpha value is -2.95. The van der Waals surface area contributed by atoms with Crippen molar-refractivity contribution in [3.63, 3.8) is 0 Å². The molecule has 1 amide bonds. The van der Waals surface area contributed by atoms with Crippen molar-refractivity contribution in [3.05, 3.63) is 59.7 Å². The predicted molar refractivity (Wildman–Crippen MR) is 103 cm³/mol. The predicted octanol–water partition coefficient (Wildman–Crippen LogP) is 3.95. The second-order valence-electron chi connectivity index (χ2n) is 5.88. The van der Waals surface area contributed by atoms with Crippen LogP contribution in [0.3, 0.4) is 0 Å². The molecule has 2 rings (SSSR count).